The first-order valence-electron chi connectivity index (χ1n) is 6.01. The summed E-state index contributed by atoms with van der Waals surface area (Å²) in [4.78, 5) is 5.24. The van der Waals surface area contributed by atoms with E-state index in [0.717, 1.165) is 22.6 Å². The number of oxime groups is 1. The van der Waals surface area contributed by atoms with Gasteiger partial charge in [-0.1, -0.05) is 35.5 Å². The predicted molar refractivity (Wildman–Crippen MR) is 71.4 cm³/mol. The van der Waals surface area contributed by atoms with Gasteiger partial charge in [0.05, 0.1) is 6.21 Å². The van der Waals surface area contributed by atoms with Crippen molar-refractivity contribution in [3.63, 3.8) is 0 Å². The highest BCUT2D eigenvalue weighted by molar-refractivity contribution is 5.80. The molecule has 0 bridgehead atoms. The van der Waals surface area contributed by atoms with Crippen LogP contribution in [-0.2, 0) is 11.4 Å². The molecule has 19 heavy (non-hydrogen) atoms. The van der Waals surface area contributed by atoms with Crippen molar-refractivity contribution in [2.75, 3.05) is 6.79 Å². The molecule has 1 aliphatic heterocycles. The van der Waals surface area contributed by atoms with Crippen molar-refractivity contribution in [2.24, 2.45) is 5.16 Å². The second-order valence-corrected chi connectivity index (χ2v) is 4.11. The molecular formula is C15H13NO3. The van der Waals surface area contributed by atoms with E-state index in [-0.39, 0.29) is 6.79 Å². The number of nitrogens with zero attached hydrogens (tertiary/aromatic N) is 1. The Balaban J connectivity index is 1.58. The standard InChI is InChI=1S/C15H13NO3/c1-2-4-12(5-3-1)10-19-16-9-13-6-7-14-15(8-13)18-11-17-14/h1-9H,10-11H2. The van der Waals surface area contributed by atoms with E-state index in [1.807, 2.05) is 48.5 Å². The van der Waals surface area contributed by atoms with Gasteiger partial charge in [0, 0.05) is 5.56 Å². The van der Waals surface area contributed by atoms with Crippen LogP contribution in [0.2, 0.25) is 0 Å². The lowest BCUT2D eigenvalue weighted by molar-refractivity contribution is 0.132. The molecule has 0 radical (unpaired) electrons. The Morgan fingerprint density at radius 3 is 2.79 bits per heavy atom. The Hall–Kier alpha value is -2.49. The third kappa shape index (κ3) is 2.85. The van der Waals surface area contributed by atoms with Crippen LogP contribution in [0, 0.1) is 0 Å². The maximum Gasteiger partial charge on any atom is 0.231 e. The molecule has 0 N–H and O–H groups in total. The molecule has 0 aromatic heterocycles. The van der Waals surface area contributed by atoms with Crippen molar-refractivity contribution in [1.29, 1.82) is 0 Å². The van der Waals surface area contributed by atoms with Crippen LogP contribution in [0.5, 0.6) is 11.5 Å². The van der Waals surface area contributed by atoms with Gasteiger partial charge in [-0.2, -0.15) is 0 Å². The van der Waals surface area contributed by atoms with E-state index < -0.39 is 0 Å². The first-order chi connectivity index (χ1) is 9.42. The molecule has 0 unspecified atom stereocenters. The predicted octanol–water partition coefficient (Wildman–Crippen LogP) is 2.97. The third-order valence-corrected chi connectivity index (χ3v) is 2.75. The summed E-state index contributed by atoms with van der Waals surface area (Å²) in [6, 6.07) is 15.5. The molecule has 0 aliphatic carbocycles. The highest BCUT2D eigenvalue weighted by Crippen LogP contribution is 2.31. The lowest BCUT2D eigenvalue weighted by atomic mass is 10.2. The quantitative estimate of drug-likeness (QED) is 0.623. The normalized spacial score (nSPS) is 12.8. The van der Waals surface area contributed by atoms with Crippen molar-refractivity contribution in [3.8, 4) is 11.5 Å². The molecular weight excluding hydrogens is 242 g/mol. The second kappa shape index (κ2) is 5.44. The number of ether oxygens (including phenoxy) is 2. The van der Waals surface area contributed by atoms with Crippen LogP contribution < -0.4 is 9.47 Å². The zero-order valence-corrected chi connectivity index (χ0v) is 10.3. The van der Waals surface area contributed by atoms with Crippen molar-refractivity contribution in [3.05, 3.63) is 59.7 Å². The average Bonchev–Trinajstić information content (AvgIpc) is 2.92. The van der Waals surface area contributed by atoms with Crippen molar-refractivity contribution >= 4 is 6.21 Å². The van der Waals surface area contributed by atoms with Gasteiger partial charge in [-0.05, 0) is 23.8 Å². The van der Waals surface area contributed by atoms with E-state index in [1.165, 1.54) is 0 Å². The summed E-state index contributed by atoms with van der Waals surface area (Å²) in [6.45, 7) is 0.738. The van der Waals surface area contributed by atoms with Crippen LogP contribution in [0.1, 0.15) is 11.1 Å². The highest BCUT2D eigenvalue weighted by atomic mass is 16.7. The minimum absolute atomic E-state index is 0.278. The topological polar surface area (TPSA) is 40.0 Å². The fourth-order valence-corrected chi connectivity index (χ4v) is 1.78. The molecule has 0 spiro atoms. The monoisotopic (exact) mass is 255 g/mol. The maximum atomic E-state index is 5.29. The van der Waals surface area contributed by atoms with Crippen LogP contribution in [-0.4, -0.2) is 13.0 Å². The summed E-state index contributed by atoms with van der Waals surface area (Å²) >= 11 is 0. The number of rotatable bonds is 4. The van der Waals surface area contributed by atoms with Gasteiger partial charge < -0.3 is 14.3 Å². The van der Waals surface area contributed by atoms with Crippen molar-refractivity contribution in [1.82, 2.24) is 0 Å². The molecule has 0 amide bonds. The Morgan fingerprint density at radius 1 is 1.05 bits per heavy atom. The molecule has 2 aromatic rings. The van der Waals surface area contributed by atoms with Gasteiger partial charge in [0.2, 0.25) is 6.79 Å². The van der Waals surface area contributed by atoms with Crippen LogP contribution >= 0.6 is 0 Å². The van der Waals surface area contributed by atoms with Gasteiger partial charge in [-0.15, -0.1) is 0 Å². The van der Waals surface area contributed by atoms with E-state index in [4.69, 9.17) is 14.3 Å². The van der Waals surface area contributed by atoms with E-state index >= 15 is 0 Å². The average molecular weight is 255 g/mol. The smallest absolute Gasteiger partial charge is 0.231 e. The molecule has 0 saturated carbocycles. The fourth-order valence-electron chi connectivity index (χ4n) is 1.78. The van der Waals surface area contributed by atoms with Gasteiger partial charge >= 0.3 is 0 Å². The Morgan fingerprint density at radius 2 is 1.89 bits per heavy atom. The van der Waals surface area contributed by atoms with Gasteiger partial charge in [0.1, 0.15) is 6.61 Å². The number of hydrogen-bond acceptors (Lipinski definition) is 4. The highest BCUT2D eigenvalue weighted by Gasteiger charge is 2.12. The van der Waals surface area contributed by atoms with Gasteiger partial charge in [-0.3, -0.25) is 0 Å². The van der Waals surface area contributed by atoms with E-state index in [0.29, 0.717) is 6.61 Å². The molecule has 0 atom stereocenters. The Bertz CT molecular complexity index is 581. The van der Waals surface area contributed by atoms with E-state index in [2.05, 4.69) is 5.16 Å². The van der Waals surface area contributed by atoms with Crippen LogP contribution in [0.15, 0.2) is 53.7 Å². The van der Waals surface area contributed by atoms with E-state index in [1.54, 1.807) is 6.21 Å². The first-order valence-corrected chi connectivity index (χ1v) is 6.01. The molecule has 1 aliphatic rings. The molecule has 1 heterocycles. The molecule has 96 valence electrons. The van der Waals surface area contributed by atoms with Crippen molar-refractivity contribution < 1.29 is 14.3 Å². The number of benzene rings is 2. The van der Waals surface area contributed by atoms with Crippen LogP contribution in [0.3, 0.4) is 0 Å². The largest absolute Gasteiger partial charge is 0.454 e. The summed E-state index contributed by atoms with van der Waals surface area (Å²) < 4.78 is 10.5. The molecule has 4 heteroatoms. The molecule has 2 aromatic carbocycles. The SMILES string of the molecule is C(=NOCc1ccccc1)c1ccc2c(c1)OCO2. The molecule has 0 fully saturated rings. The fraction of sp³-hybridized carbons (Fsp3) is 0.133. The van der Waals surface area contributed by atoms with Gasteiger partial charge in [0.25, 0.3) is 0 Å². The first kappa shape index (κ1) is 11.6. The molecule has 0 saturated heterocycles. The van der Waals surface area contributed by atoms with Gasteiger partial charge in [0.15, 0.2) is 11.5 Å². The summed E-state index contributed by atoms with van der Waals surface area (Å²) in [5, 5.41) is 3.94. The Labute approximate surface area is 111 Å². The molecule has 3 rings (SSSR count). The Kier molecular flexibility index (Phi) is 3.32. The maximum absolute atomic E-state index is 5.29. The van der Waals surface area contributed by atoms with Crippen LogP contribution in [0.25, 0.3) is 0 Å². The zero-order chi connectivity index (χ0) is 12.9. The summed E-state index contributed by atoms with van der Waals surface area (Å²) in [6.07, 6.45) is 1.66. The number of fused-ring (bicyclic) bond motifs is 1. The van der Waals surface area contributed by atoms with Gasteiger partial charge in [-0.25, -0.2) is 0 Å². The minimum atomic E-state index is 0.278. The van der Waals surface area contributed by atoms with Crippen LogP contribution in [0.4, 0.5) is 0 Å². The lowest BCUT2D eigenvalue weighted by Crippen LogP contribution is -1.92. The second-order valence-electron chi connectivity index (χ2n) is 4.11. The lowest BCUT2D eigenvalue weighted by Gasteiger charge is -1.99. The minimum Gasteiger partial charge on any atom is -0.454 e. The third-order valence-electron chi connectivity index (χ3n) is 2.75. The molecule has 4 nitrogen and oxygen atoms in total. The van der Waals surface area contributed by atoms with Crippen molar-refractivity contribution in [2.45, 2.75) is 6.61 Å². The summed E-state index contributed by atoms with van der Waals surface area (Å²) in [5.74, 6) is 1.51. The summed E-state index contributed by atoms with van der Waals surface area (Å²) in [7, 11) is 0. The summed E-state index contributed by atoms with van der Waals surface area (Å²) in [5.41, 5.74) is 2.00. The van der Waals surface area contributed by atoms with E-state index in [9.17, 15) is 0 Å². The zero-order valence-electron chi connectivity index (χ0n) is 10.3. The number of hydrogen-bond donors (Lipinski definition) is 0.